The van der Waals surface area contributed by atoms with E-state index in [1.807, 2.05) is 0 Å². The van der Waals surface area contributed by atoms with Crippen LogP contribution in [0.1, 0.15) is 23.2 Å². The second-order valence-electron chi connectivity index (χ2n) is 2.66. The quantitative estimate of drug-likeness (QED) is 0.575. The largest absolute Gasteiger partial charge is 0.418 e. The predicted octanol–water partition coefficient (Wildman–Crippen LogP) is 3.51. The van der Waals surface area contributed by atoms with E-state index >= 15 is 0 Å². The first-order chi connectivity index (χ1) is 7.29. The van der Waals surface area contributed by atoms with Crippen LogP contribution in [-0.2, 0) is 6.18 Å². The maximum absolute atomic E-state index is 12.5. The minimum atomic E-state index is -4.93. The van der Waals surface area contributed by atoms with Crippen molar-refractivity contribution in [2.24, 2.45) is 0 Å². The molecule has 0 fully saturated rings. The van der Waals surface area contributed by atoms with Crippen molar-refractivity contribution in [1.29, 1.82) is 5.26 Å². The third-order valence-corrected chi connectivity index (χ3v) is 2.72. The molecule has 16 heavy (non-hydrogen) atoms. The zero-order valence-electron chi connectivity index (χ0n) is 7.32. The molecule has 8 heteroatoms. The second-order valence-corrected chi connectivity index (χ2v) is 3.74. The molecule has 0 saturated carbocycles. The monoisotopic (exact) mass is 348 g/mol. The molecule has 0 aliphatic heterocycles. The molecule has 0 radical (unpaired) electrons. The van der Waals surface area contributed by atoms with Gasteiger partial charge in [0.1, 0.15) is 6.07 Å². The Morgan fingerprint density at radius 2 is 1.94 bits per heavy atom. The number of nitriles is 1. The van der Waals surface area contributed by atoms with Gasteiger partial charge in [0.25, 0.3) is 6.43 Å². The molecule has 0 aliphatic rings. The Morgan fingerprint density at radius 3 is 2.31 bits per heavy atom. The Bertz CT molecular complexity index is 449. The number of rotatable bonds is 1. The number of hydrogen-bond acceptors (Lipinski definition) is 2. The van der Waals surface area contributed by atoms with Crippen molar-refractivity contribution in [2.75, 3.05) is 0 Å². The first-order valence-corrected chi connectivity index (χ1v) is 4.80. The Labute approximate surface area is 100 Å². The third-order valence-electron chi connectivity index (χ3n) is 1.67. The molecule has 1 aromatic rings. The average Bonchev–Trinajstić information content (AvgIpc) is 2.14. The molecular weight excluding hydrogens is 346 g/mol. The number of aromatic nitrogens is 1. The second kappa shape index (κ2) is 4.48. The van der Waals surface area contributed by atoms with E-state index in [1.54, 1.807) is 0 Å². The summed E-state index contributed by atoms with van der Waals surface area (Å²) in [4.78, 5) is 3.24. The molecule has 0 N–H and O–H groups in total. The SMILES string of the molecule is N#Cc1ncc(C(F)F)c(C(F)(F)F)c1I. The number of alkyl halides is 5. The van der Waals surface area contributed by atoms with E-state index in [-0.39, 0.29) is 0 Å². The number of hydrogen-bond donors (Lipinski definition) is 0. The van der Waals surface area contributed by atoms with E-state index < -0.39 is 33.0 Å². The average molecular weight is 348 g/mol. The van der Waals surface area contributed by atoms with Crippen molar-refractivity contribution in [3.05, 3.63) is 26.6 Å². The highest BCUT2D eigenvalue weighted by Crippen LogP contribution is 2.39. The van der Waals surface area contributed by atoms with Gasteiger partial charge in [0, 0.05) is 11.8 Å². The summed E-state index contributed by atoms with van der Waals surface area (Å²) in [6.45, 7) is 0. The van der Waals surface area contributed by atoms with Crippen LogP contribution < -0.4 is 0 Å². The fourth-order valence-corrected chi connectivity index (χ4v) is 1.91. The van der Waals surface area contributed by atoms with E-state index in [0.29, 0.717) is 6.20 Å². The summed E-state index contributed by atoms with van der Waals surface area (Å²) < 4.78 is 61.6. The summed E-state index contributed by atoms with van der Waals surface area (Å²) >= 11 is 1.19. The van der Waals surface area contributed by atoms with Gasteiger partial charge in [0.15, 0.2) is 5.69 Å². The van der Waals surface area contributed by atoms with Gasteiger partial charge in [-0.2, -0.15) is 18.4 Å². The standard InChI is InChI=1S/C8H2F5IN2/c9-7(10)3-2-16-4(1-15)6(14)5(3)8(11,12)13/h2,7H. The van der Waals surface area contributed by atoms with Gasteiger partial charge in [-0.15, -0.1) is 0 Å². The van der Waals surface area contributed by atoms with Gasteiger partial charge < -0.3 is 0 Å². The normalized spacial score (nSPS) is 11.6. The lowest BCUT2D eigenvalue weighted by Gasteiger charge is -2.14. The lowest BCUT2D eigenvalue weighted by Crippen LogP contribution is -2.14. The molecule has 0 amide bonds. The molecule has 2 nitrogen and oxygen atoms in total. The molecule has 86 valence electrons. The molecular formula is C8H2F5IN2. The van der Waals surface area contributed by atoms with Crippen LogP contribution in [0.5, 0.6) is 0 Å². The smallest absolute Gasteiger partial charge is 0.244 e. The summed E-state index contributed by atoms with van der Waals surface area (Å²) in [6, 6.07) is 1.41. The maximum Gasteiger partial charge on any atom is 0.418 e. The highest BCUT2D eigenvalue weighted by atomic mass is 127. The molecule has 1 heterocycles. The van der Waals surface area contributed by atoms with Crippen LogP contribution in [-0.4, -0.2) is 4.98 Å². The zero-order valence-corrected chi connectivity index (χ0v) is 9.47. The van der Waals surface area contributed by atoms with Crippen LogP contribution in [0, 0.1) is 14.9 Å². The Morgan fingerprint density at radius 1 is 1.38 bits per heavy atom. The summed E-state index contributed by atoms with van der Waals surface area (Å²) in [5.41, 5.74) is -3.22. The highest BCUT2D eigenvalue weighted by molar-refractivity contribution is 14.1. The van der Waals surface area contributed by atoms with Gasteiger partial charge in [-0.05, 0) is 22.6 Å². The van der Waals surface area contributed by atoms with E-state index in [9.17, 15) is 22.0 Å². The van der Waals surface area contributed by atoms with E-state index in [2.05, 4.69) is 4.98 Å². The Balaban J connectivity index is 3.58. The van der Waals surface area contributed by atoms with Crippen molar-refractivity contribution in [3.63, 3.8) is 0 Å². The van der Waals surface area contributed by atoms with Crippen molar-refractivity contribution >= 4 is 22.6 Å². The third kappa shape index (κ3) is 2.40. The van der Waals surface area contributed by atoms with Crippen molar-refractivity contribution in [3.8, 4) is 6.07 Å². The van der Waals surface area contributed by atoms with Gasteiger partial charge in [-0.25, -0.2) is 13.8 Å². The minimum absolute atomic E-state index is 0.383. The lowest BCUT2D eigenvalue weighted by atomic mass is 10.1. The molecule has 0 unspecified atom stereocenters. The van der Waals surface area contributed by atoms with Crippen LogP contribution in [0.25, 0.3) is 0 Å². The molecule has 0 atom stereocenters. The fraction of sp³-hybridized carbons (Fsp3) is 0.250. The number of nitrogens with zero attached hydrogens (tertiary/aromatic N) is 2. The van der Waals surface area contributed by atoms with Gasteiger partial charge >= 0.3 is 6.18 Å². The van der Waals surface area contributed by atoms with Crippen molar-refractivity contribution in [2.45, 2.75) is 12.6 Å². The van der Waals surface area contributed by atoms with Gasteiger partial charge in [0.05, 0.1) is 9.13 Å². The lowest BCUT2D eigenvalue weighted by molar-refractivity contribution is -0.140. The summed E-state index contributed by atoms with van der Waals surface area (Å²) in [5.74, 6) is 0. The highest BCUT2D eigenvalue weighted by Gasteiger charge is 2.39. The van der Waals surface area contributed by atoms with Crippen LogP contribution in [0.15, 0.2) is 6.20 Å². The summed E-state index contributed by atoms with van der Waals surface area (Å²) in [5, 5.41) is 8.47. The molecule has 0 aliphatic carbocycles. The number of pyridine rings is 1. The predicted molar refractivity (Wildman–Crippen MR) is 51.6 cm³/mol. The van der Waals surface area contributed by atoms with E-state index in [4.69, 9.17) is 5.26 Å². The molecule has 0 spiro atoms. The Hall–Kier alpha value is -0.980. The van der Waals surface area contributed by atoms with E-state index in [1.165, 1.54) is 28.7 Å². The van der Waals surface area contributed by atoms with Gasteiger partial charge in [0.2, 0.25) is 0 Å². The molecule has 0 bridgehead atoms. The van der Waals surface area contributed by atoms with Crippen LogP contribution in [0.3, 0.4) is 0 Å². The van der Waals surface area contributed by atoms with E-state index in [0.717, 1.165) is 0 Å². The summed E-state index contributed by atoms with van der Waals surface area (Å²) in [6.07, 6.45) is -7.84. The van der Waals surface area contributed by atoms with Crippen molar-refractivity contribution in [1.82, 2.24) is 4.98 Å². The molecule has 1 rings (SSSR count). The van der Waals surface area contributed by atoms with Crippen LogP contribution >= 0.6 is 22.6 Å². The zero-order chi connectivity index (χ0) is 12.5. The maximum atomic E-state index is 12.5. The van der Waals surface area contributed by atoms with Gasteiger partial charge in [-0.3, -0.25) is 0 Å². The summed E-state index contributed by atoms with van der Waals surface area (Å²) in [7, 11) is 0. The van der Waals surface area contributed by atoms with Crippen LogP contribution in [0.2, 0.25) is 0 Å². The minimum Gasteiger partial charge on any atom is -0.244 e. The molecule has 1 aromatic heterocycles. The van der Waals surface area contributed by atoms with Crippen molar-refractivity contribution < 1.29 is 22.0 Å². The molecule has 0 saturated heterocycles. The molecule has 0 aromatic carbocycles. The van der Waals surface area contributed by atoms with Gasteiger partial charge in [-0.1, -0.05) is 0 Å². The number of halogens is 6. The topological polar surface area (TPSA) is 36.7 Å². The Kier molecular flexibility index (Phi) is 3.67. The fourth-order valence-electron chi connectivity index (χ4n) is 1.03. The first-order valence-electron chi connectivity index (χ1n) is 3.73. The van der Waals surface area contributed by atoms with Crippen LogP contribution in [0.4, 0.5) is 22.0 Å². The first kappa shape index (κ1) is 13.1.